The molecule has 0 aliphatic heterocycles. The molecule has 5 heteroatoms. The molecule has 33 heavy (non-hydrogen) atoms. The minimum absolute atomic E-state index is 0.0487. The maximum atomic E-state index is 14.2. The first-order valence-electron chi connectivity index (χ1n) is 11.7. The van der Waals surface area contributed by atoms with Gasteiger partial charge in [0.25, 0.3) is 11.5 Å². The molecular formula is C28H25N3O2. The standard InChI is InChI=1S/C28H25N3O2/c32-27-24-15-7-6-14-23(24)26(29-31(27)21-11-2-1-3-12-21)28(33)30(20-17-18-20)25-16-8-10-19-9-4-5-13-22(19)25/h1-7,9,11-15,20,25H,8,10,16-18H2. The van der Waals surface area contributed by atoms with E-state index in [0.29, 0.717) is 22.2 Å². The first kappa shape index (κ1) is 19.9. The third-order valence-electron chi connectivity index (χ3n) is 6.86. The molecule has 5 nitrogen and oxygen atoms in total. The molecule has 1 atom stereocenters. The Morgan fingerprint density at radius 3 is 2.33 bits per heavy atom. The summed E-state index contributed by atoms with van der Waals surface area (Å²) in [5.41, 5.74) is 3.38. The molecule has 0 radical (unpaired) electrons. The minimum Gasteiger partial charge on any atom is -0.327 e. The van der Waals surface area contributed by atoms with Crippen LogP contribution in [-0.2, 0) is 6.42 Å². The van der Waals surface area contributed by atoms with Gasteiger partial charge in [-0.25, -0.2) is 0 Å². The number of carbonyl (C=O) groups is 1. The van der Waals surface area contributed by atoms with Crippen LogP contribution < -0.4 is 5.56 Å². The summed E-state index contributed by atoms with van der Waals surface area (Å²) in [7, 11) is 0. The Balaban J connectivity index is 1.52. The summed E-state index contributed by atoms with van der Waals surface area (Å²) in [4.78, 5) is 29.5. The summed E-state index contributed by atoms with van der Waals surface area (Å²) in [5.74, 6) is -0.0833. The molecule has 1 fully saturated rings. The van der Waals surface area contributed by atoms with Gasteiger partial charge in [-0.1, -0.05) is 60.7 Å². The van der Waals surface area contributed by atoms with E-state index in [4.69, 9.17) is 0 Å². The van der Waals surface area contributed by atoms with Gasteiger partial charge in [0, 0.05) is 11.4 Å². The number of para-hydroxylation sites is 1. The highest BCUT2D eigenvalue weighted by atomic mass is 16.2. The van der Waals surface area contributed by atoms with Gasteiger partial charge in [-0.05, 0) is 61.4 Å². The lowest BCUT2D eigenvalue weighted by Crippen LogP contribution is -2.40. The van der Waals surface area contributed by atoms with Crippen LogP contribution >= 0.6 is 0 Å². The Morgan fingerprint density at radius 1 is 0.848 bits per heavy atom. The average Bonchev–Trinajstić information content (AvgIpc) is 3.70. The van der Waals surface area contributed by atoms with Crippen molar-refractivity contribution in [2.75, 3.05) is 0 Å². The summed E-state index contributed by atoms with van der Waals surface area (Å²) in [6.07, 6.45) is 5.10. The van der Waals surface area contributed by atoms with Crippen LogP contribution in [0.1, 0.15) is 53.3 Å². The van der Waals surface area contributed by atoms with E-state index < -0.39 is 0 Å². The molecule has 0 saturated heterocycles. The van der Waals surface area contributed by atoms with Crippen LogP contribution in [0.2, 0.25) is 0 Å². The maximum Gasteiger partial charge on any atom is 0.279 e. The second-order valence-corrected chi connectivity index (χ2v) is 9.00. The van der Waals surface area contributed by atoms with Crippen LogP contribution in [0, 0.1) is 0 Å². The summed E-state index contributed by atoms with van der Waals surface area (Å²) in [6.45, 7) is 0. The van der Waals surface area contributed by atoms with Crippen molar-refractivity contribution < 1.29 is 4.79 Å². The fourth-order valence-corrected chi connectivity index (χ4v) is 5.15. The molecule has 3 aromatic carbocycles. The van der Waals surface area contributed by atoms with E-state index in [1.807, 2.05) is 48.5 Å². The lowest BCUT2D eigenvalue weighted by atomic mass is 9.86. The van der Waals surface area contributed by atoms with Crippen molar-refractivity contribution in [2.24, 2.45) is 0 Å². The van der Waals surface area contributed by atoms with Crippen molar-refractivity contribution in [1.82, 2.24) is 14.7 Å². The molecule has 164 valence electrons. The number of hydrogen-bond acceptors (Lipinski definition) is 3. The number of fused-ring (bicyclic) bond motifs is 2. The highest BCUT2D eigenvalue weighted by Crippen LogP contribution is 2.41. The molecule has 6 rings (SSSR count). The van der Waals surface area contributed by atoms with Gasteiger partial charge in [-0.3, -0.25) is 9.59 Å². The van der Waals surface area contributed by atoms with Gasteiger partial charge in [0.05, 0.1) is 17.1 Å². The number of nitrogens with zero attached hydrogens (tertiary/aromatic N) is 3. The minimum atomic E-state index is -0.214. The van der Waals surface area contributed by atoms with Crippen molar-refractivity contribution in [3.05, 3.63) is 106 Å². The Bertz CT molecular complexity index is 1410. The van der Waals surface area contributed by atoms with Crippen LogP contribution in [0.4, 0.5) is 0 Å². The zero-order chi connectivity index (χ0) is 22.4. The molecular weight excluding hydrogens is 410 g/mol. The van der Waals surface area contributed by atoms with Crippen LogP contribution in [-0.4, -0.2) is 26.6 Å². The molecule has 1 unspecified atom stereocenters. The number of rotatable bonds is 4. The Kier molecular flexibility index (Phi) is 4.83. The third kappa shape index (κ3) is 3.44. The molecule has 1 saturated carbocycles. The second-order valence-electron chi connectivity index (χ2n) is 9.00. The molecule has 1 aromatic heterocycles. The van der Waals surface area contributed by atoms with E-state index in [9.17, 15) is 9.59 Å². The SMILES string of the molecule is O=C(c1nn(-c2ccccc2)c(=O)c2ccccc12)N(C1CC1)C1CCCc2ccccc21. The van der Waals surface area contributed by atoms with Crippen molar-refractivity contribution >= 4 is 16.7 Å². The van der Waals surface area contributed by atoms with Gasteiger partial charge in [0.1, 0.15) is 0 Å². The quantitative estimate of drug-likeness (QED) is 0.450. The van der Waals surface area contributed by atoms with Crippen molar-refractivity contribution in [3.63, 3.8) is 0 Å². The lowest BCUT2D eigenvalue weighted by molar-refractivity contribution is 0.0632. The largest absolute Gasteiger partial charge is 0.327 e. The Labute approximate surface area is 192 Å². The molecule has 2 aliphatic rings. The van der Waals surface area contributed by atoms with E-state index in [-0.39, 0.29) is 23.6 Å². The average molecular weight is 436 g/mol. The van der Waals surface area contributed by atoms with Crippen LogP contribution in [0.3, 0.4) is 0 Å². The highest BCUT2D eigenvalue weighted by Gasteiger charge is 2.41. The molecule has 1 amide bonds. The smallest absolute Gasteiger partial charge is 0.279 e. The van der Waals surface area contributed by atoms with E-state index in [2.05, 4.69) is 34.3 Å². The molecule has 0 spiro atoms. The second kappa shape index (κ2) is 8.00. The fourth-order valence-electron chi connectivity index (χ4n) is 5.15. The van der Waals surface area contributed by atoms with E-state index in [0.717, 1.165) is 32.1 Å². The predicted octanol–water partition coefficient (Wildman–Crippen LogP) is 5.07. The topological polar surface area (TPSA) is 55.2 Å². The number of benzene rings is 3. The van der Waals surface area contributed by atoms with Gasteiger partial charge in [0.2, 0.25) is 0 Å². The fraction of sp³-hybridized carbons (Fsp3) is 0.250. The van der Waals surface area contributed by atoms with Gasteiger partial charge >= 0.3 is 0 Å². The van der Waals surface area contributed by atoms with E-state index >= 15 is 0 Å². The molecule has 4 aromatic rings. The highest BCUT2D eigenvalue weighted by molar-refractivity contribution is 6.05. The van der Waals surface area contributed by atoms with Gasteiger partial charge < -0.3 is 4.90 Å². The number of hydrogen-bond donors (Lipinski definition) is 0. The summed E-state index contributed by atoms with van der Waals surface area (Å²) in [6, 6.07) is 25.4. The van der Waals surface area contributed by atoms with Gasteiger partial charge in [0.15, 0.2) is 5.69 Å². The molecule has 0 N–H and O–H groups in total. The zero-order valence-electron chi connectivity index (χ0n) is 18.4. The van der Waals surface area contributed by atoms with Crippen LogP contribution in [0.15, 0.2) is 83.7 Å². The van der Waals surface area contributed by atoms with Crippen LogP contribution in [0.25, 0.3) is 16.5 Å². The summed E-state index contributed by atoms with van der Waals surface area (Å²) >= 11 is 0. The van der Waals surface area contributed by atoms with Gasteiger partial charge in [-0.2, -0.15) is 9.78 Å². The van der Waals surface area contributed by atoms with E-state index in [1.165, 1.54) is 15.8 Å². The summed E-state index contributed by atoms with van der Waals surface area (Å²) in [5, 5.41) is 5.80. The van der Waals surface area contributed by atoms with Gasteiger partial charge in [-0.15, -0.1) is 0 Å². The normalized spacial score (nSPS) is 17.5. The Morgan fingerprint density at radius 2 is 1.55 bits per heavy atom. The maximum absolute atomic E-state index is 14.2. The first-order chi connectivity index (χ1) is 16.2. The molecule has 2 aliphatic carbocycles. The van der Waals surface area contributed by atoms with Crippen molar-refractivity contribution in [3.8, 4) is 5.69 Å². The van der Waals surface area contributed by atoms with Crippen molar-refractivity contribution in [2.45, 2.75) is 44.2 Å². The molecule has 1 heterocycles. The number of aromatic nitrogens is 2. The first-order valence-corrected chi connectivity index (χ1v) is 11.7. The Hall–Kier alpha value is -3.73. The lowest BCUT2D eigenvalue weighted by Gasteiger charge is -2.36. The monoisotopic (exact) mass is 435 g/mol. The molecule has 0 bridgehead atoms. The number of aryl methyl sites for hydroxylation is 1. The predicted molar refractivity (Wildman–Crippen MR) is 129 cm³/mol. The zero-order valence-corrected chi connectivity index (χ0v) is 18.4. The third-order valence-corrected chi connectivity index (χ3v) is 6.86. The van der Waals surface area contributed by atoms with E-state index in [1.54, 1.807) is 6.07 Å². The number of amides is 1. The summed E-state index contributed by atoms with van der Waals surface area (Å²) < 4.78 is 1.37. The number of carbonyl (C=O) groups excluding carboxylic acids is 1. The van der Waals surface area contributed by atoms with Crippen LogP contribution in [0.5, 0.6) is 0 Å². The van der Waals surface area contributed by atoms with Crippen molar-refractivity contribution in [1.29, 1.82) is 0 Å².